The van der Waals surface area contributed by atoms with Gasteiger partial charge in [-0.2, -0.15) is 0 Å². The maximum absolute atomic E-state index is 11.0. The largest absolute Gasteiger partial charge is 0.424 e. The zero-order valence-electron chi connectivity index (χ0n) is 6.88. The number of unbranched alkanes of at least 4 members (excludes halogenated alkanes) is 1. The van der Waals surface area contributed by atoms with Gasteiger partial charge in [0, 0.05) is 11.2 Å². The molecule has 0 aromatic rings. The highest BCUT2D eigenvalue weighted by Gasteiger charge is 2.18. The van der Waals surface area contributed by atoms with E-state index in [0.717, 1.165) is 12.8 Å². The van der Waals surface area contributed by atoms with Crippen LogP contribution >= 0.6 is 18.2 Å². The molecule has 0 amide bonds. The Morgan fingerprint density at radius 3 is 2.45 bits per heavy atom. The van der Waals surface area contributed by atoms with E-state index >= 15 is 0 Å². The molecule has 0 aliphatic heterocycles. The highest BCUT2D eigenvalue weighted by Crippen LogP contribution is 2.53. The first-order valence-electron chi connectivity index (χ1n) is 3.71. The van der Waals surface area contributed by atoms with E-state index in [1.54, 1.807) is 6.92 Å². The Balaban J connectivity index is 3.47. The SMILES string of the molecule is CCCCOP(=O)(Cl)OCC. The van der Waals surface area contributed by atoms with Gasteiger partial charge in [0.1, 0.15) is 0 Å². The first kappa shape index (κ1) is 11.4. The van der Waals surface area contributed by atoms with Crippen LogP contribution in [0.1, 0.15) is 26.7 Å². The molecule has 3 nitrogen and oxygen atoms in total. The number of halogens is 1. The van der Waals surface area contributed by atoms with Crippen LogP contribution in [0, 0.1) is 0 Å². The molecule has 0 bridgehead atoms. The third kappa shape index (κ3) is 6.82. The molecule has 0 aliphatic rings. The standard InChI is InChI=1S/C6H14ClO3P/c1-3-5-6-10-11(7,8)9-4-2/h3-6H2,1-2H3. The summed E-state index contributed by atoms with van der Waals surface area (Å²) in [7, 11) is 0. The molecule has 5 heteroatoms. The van der Waals surface area contributed by atoms with Crippen molar-refractivity contribution in [1.82, 2.24) is 0 Å². The number of rotatable bonds is 6. The molecule has 0 spiro atoms. The van der Waals surface area contributed by atoms with E-state index in [-0.39, 0.29) is 0 Å². The van der Waals surface area contributed by atoms with Crippen molar-refractivity contribution in [3.8, 4) is 0 Å². The first-order chi connectivity index (χ1) is 5.12. The van der Waals surface area contributed by atoms with E-state index in [2.05, 4.69) is 4.52 Å². The molecular formula is C6H14ClO3P. The van der Waals surface area contributed by atoms with Gasteiger partial charge >= 0.3 is 6.95 Å². The van der Waals surface area contributed by atoms with Gasteiger partial charge in [-0.15, -0.1) is 0 Å². The van der Waals surface area contributed by atoms with E-state index < -0.39 is 6.95 Å². The fraction of sp³-hybridized carbons (Fsp3) is 1.00. The smallest absolute Gasteiger partial charge is 0.297 e. The highest BCUT2D eigenvalue weighted by molar-refractivity contribution is 7.81. The summed E-state index contributed by atoms with van der Waals surface area (Å²) in [5, 5.41) is 0. The first-order valence-corrected chi connectivity index (χ1v) is 6.16. The quantitative estimate of drug-likeness (QED) is 0.488. The molecule has 0 aromatic heterocycles. The van der Waals surface area contributed by atoms with Crippen LogP contribution in [0.15, 0.2) is 0 Å². The minimum absolute atomic E-state index is 0.312. The van der Waals surface area contributed by atoms with Gasteiger partial charge in [0.2, 0.25) is 0 Å². The van der Waals surface area contributed by atoms with Gasteiger partial charge in [0.15, 0.2) is 0 Å². The van der Waals surface area contributed by atoms with Crippen molar-refractivity contribution in [2.75, 3.05) is 13.2 Å². The molecule has 0 aromatic carbocycles. The lowest BCUT2D eigenvalue weighted by Crippen LogP contribution is -1.92. The zero-order valence-corrected chi connectivity index (χ0v) is 8.53. The van der Waals surface area contributed by atoms with Crippen LogP contribution < -0.4 is 0 Å². The molecular weight excluding hydrogens is 186 g/mol. The maximum Gasteiger partial charge on any atom is 0.424 e. The van der Waals surface area contributed by atoms with E-state index in [9.17, 15) is 4.57 Å². The Kier molecular flexibility index (Phi) is 6.25. The average Bonchev–Trinajstić information content (AvgIpc) is 1.87. The minimum Gasteiger partial charge on any atom is -0.297 e. The van der Waals surface area contributed by atoms with Crippen LogP contribution in [-0.2, 0) is 13.6 Å². The van der Waals surface area contributed by atoms with Gasteiger partial charge in [-0.25, -0.2) is 4.57 Å². The Morgan fingerprint density at radius 1 is 1.36 bits per heavy atom. The van der Waals surface area contributed by atoms with Crippen LogP contribution in [-0.4, -0.2) is 13.2 Å². The molecule has 0 radical (unpaired) electrons. The number of hydrogen-bond acceptors (Lipinski definition) is 3. The van der Waals surface area contributed by atoms with Crippen LogP contribution in [0.2, 0.25) is 0 Å². The molecule has 0 heterocycles. The molecule has 0 fully saturated rings. The molecule has 68 valence electrons. The topological polar surface area (TPSA) is 35.5 Å². The molecule has 0 N–H and O–H groups in total. The summed E-state index contributed by atoms with van der Waals surface area (Å²) in [6.07, 6.45) is 1.84. The van der Waals surface area contributed by atoms with Gasteiger partial charge < -0.3 is 0 Å². The molecule has 1 atom stereocenters. The monoisotopic (exact) mass is 200 g/mol. The van der Waals surface area contributed by atoms with Crippen molar-refractivity contribution in [2.24, 2.45) is 0 Å². The van der Waals surface area contributed by atoms with Crippen LogP contribution in [0.3, 0.4) is 0 Å². The molecule has 11 heavy (non-hydrogen) atoms. The zero-order chi connectivity index (χ0) is 8.74. The van der Waals surface area contributed by atoms with Gasteiger partial charge in [0.25, 0.3) is 0 Å². The molecule has 0 saturated carbocycles. The van der Waals surface area contributed by atoms with Gasteiger partial charge in [-0.3, -0.25) is 9.05 Å². The minimum atomic E-state index is -3.25. The summed E-state index contributed by atoms with van der Waals surface area (Å²) >= 11 is 5.38. The summed E-state index contributed by atoms with van der Waals surface area (Å²) in [6, 6.07) is 0. The van der Waals surface area contributed by atoms with Crippen molar-refractivity contribution in [1.29, 1.82) is 0 Å². The third-order valence-electron chi connectivity index (χ3n) is 1.03. The highest BCUT2D eigenvalue weighted by atomic mass is 35.7. The maximum atomic E-state index is 11.0. The second-order valence-corrected chi connectivity index (χ2v) is 4.65. The van der Waals surface area contributed by atoms with Crippen molar-refractivity contribution in [2.45, 2.75) is 26.7 Å². The van der Waals surface area contributed by atoms with E-state index in [1.807, 2.05) is 6.92 Å². The molecule has 0 rings (SSSR count). The van der Waals surface area contributed by atoms with Crippen LogP contribution in [0.4, 0.5) is 0 Å². The fourth-order valence-electron chi connectivity index (χ4n) is 0.509. The predicted molar refractivity (Wildman–Crippen MR) is 45.9 cm³/mol. The molecule has 0 aliphatic carbocycles. The Hall–Kier alpha value is 0.440. The van der Waals surface area contributed by atoms with E-state index in [1.165, 1.54) is 0 Å². The van der Waals surface area contributed by atoms with Crippen LogP contribution in [0.5, 0.6) is 0 Å². The van der Waals surface area contributed by atoms with Gasteiger partial charge in [-0.05, 0) is 13.3 Å². The second kappa shape index (κ2) is 6.01. The lowest BCUT2D eigenvalue weighted by molar-refractivity contribution is 0.224. The number of hydrogen-bond donors (Lipinski definition) is 0. The lowest BCUT2D eigenvalue weighted by Gasteiger charge is -2.08. The van der Waals surface area contributed by atoms with E-state index in [0.29, 0.717) is 13.2 Å². The summed E-state index contributed by atoms with van der Waals surface area (Å²) in [6.45, 7) is 1.20. The Bertz CT molecular complexity index is 140. The lowest BCUT2D eigenvalue weighted by atomic mass is 10.4. The van der Waals surface area contributed by atoms with Crippen molar-refractivity contribution in [3.63, 3.8) is 0 Å². The third-order valence-corrected chi connectivity index (χ3v) is 2.67. The van der Waals surface area contributed by atoms with E-state index in [4.69, 9.17) is 15.8 Å². The predicted octanol–water partition coefficient (Wildman–Crippen LogP) is 3.19. The Morgan fingerprint density at radius 2 is 2.00 bits per heavy atom. The Labute approximate surface area is 72.3 Å². The summed E-state index contributed by atoms with van der Waals surface area (Å²) in [4.78, 5) is 0. The second-order valence-electron chi connectivity index (χ2n) is 2.04. The summed E-state index contributed by atoms with van der Waals surface area (Å²) < 4.78 is 20.5. The molecule has 1 unspecified atom stereocenters. The van der Waals surface area contributed by atoms with Crippen molar-refractivity contribution < 1.29 is 13.6 Å². The van der Waals surface area contributed by atoms with Gasteiger partial charge in [0.05, 0.1) is 13.2 Å². The van der Waals surface area contributed by atoms with Crippen molar-refractivity contribution >= 4 is 18.2 Å². The van der Waals surface area contributed by atoms with Crippen molar-refractivity contribution in [3.05, 3.63) is 0 Å². The van der Waals surface area contributed by atoms with Crippen LogP contribution in [0.25, 0.3) is 0 Å². The summed E-state index contributed by atoms with van der Waals surface area (Å²) in [5.41, 5.74) is 0. The fourth-order valence-corrected chi connectivity index (χ4v) is 1.74. The summed E-state index contributed by atoms with van der Waals surface area (Å²) in [5.74, 6) is 0. The average molecular weight is 201 g/mol. The normalized spacial score (nSPS) is 16.3. The molecule has 0 saturated heterocycles. The van der Waals surface area contributed by atoms with Gasteiger partial charge in [-0.1, -0.05) is 13.3 Å².